The number of amides is 1. The molecule has 0 spiro atoms. The number of hydrogen-bond donors (Lipinski definition) is 1. The summed E-state index contributed by atoms with van der Waals surface area (Å²) in [6.45, 7) is 5.75. The second-order valence-electron chi connectivity index (χ2n) is 4.26. The zero-order valence-electron chi connectivity index (χ0n) is 11.7. The van der Waals surface area contributed by atoms with Crippen LogP contribution in [0.2, 0.25) is 0 Å². The molecule has 0 aliphatic rings. The maximum absolute atomic E-state index is 11.8. The number of aryl methyl sites for hydroxylation is 1. The molecule has 5 nitrogen and oxygen atoms in total. The minimum atomic E-state index is -0.309. The molecule has 2 aromatic rings. The van der Waals surface area contributed by atoms with E-state index in [1.54, 1.807) is 25.3 Å². The Kier molecular flexibility index (Phi) is 4.93. The highest BCUT2D eigenvalue weighted by atomic mass is 16.5. The smallest absolute Gasteiger partial charge is 0.274 e. The lowest BCUT2D eigenvalue weighted by atomic mass is 10.2. The number of hydrogen-bond acceptors (Lipinski definition) is 4. The van der Waals surface area contributed by atoms with Crippen molar-refractivity contribution in [3.63, 3.8) is 0 Å². The summed E-state index contributed by atoms with van der Waals surface area (Å²) in [4.78, 5) is 11.8. The molecule has 0 aliphatic carbocycles. The van der Waals surface area contributed by atoms with Gasteiger partial charge in [-0.1, -0.05) is 24.8 Å². The van der Waals surface area contributed by atoms with Crippen molar-refractivity contribution in [2.75, 3.05) is 6.61 Å². The topological polar surface area (TPSA) is 63.8 Å². The van der Waals surface area contributed by atoms with Gasteiger partial charge in [0.2, 0.25) is 0 Å². The molecule has 21 heavy (non-hydrogen) atoms. The zero-order chi connectivity index (χ0) is 15.1. The van der Waals surface area contributed by atoms with Gasteiger partial charge in [0.15, 0.2) is 0 Å². The van der Waals surface area contributed by atoms with Crippen LogP contribution < -0.4 is 10.2 Å². The van der Waals surface area contributed by atoms with Crippen LogP contribution in [-0.2, 0) is 0 Å². The third-order valence-corrected chi connectivity index (χ3v) is 2.71. The first-order valence-electron chi connectivity index (χ1n) is 6.42. The first-order valence-corrected chi connectivity index (χ1v) is 6.42. The summed E-state index contributed by atoms with van der Waals surface area (Å²) in [5, 5.41) is 3.92. The summed E-state index contributed by atoms with van der Waals surface area (Å²) in [6, 6.07) is 8.97. The van der Waals surface area contributed by atoms with E-state index >= 15 is 0 Å². The number of carbonyl (C=O) groups excluding carboxylic acids is 1. The molecule has 1 N–H and O–H groups in total. The molecule has 1 aromatic carbocycles. The van der Waals surface area contributed by atoms with Crippen LogP contribution in [-0.4, -0.2) is 18.7 Å². The van der Waals surface area contributed by atoms with Gasteiger partial charge >= 0.3 is 0 Å². The summed E-state index contributed by atoms with van der Waals surface area (Å²) in [7, 11) is 0. The molecule has 0 fully saturated rings. The number of furan rings is 1. The van der Waals surface area contributed by atoms with Crippen molar-refractivity contribution in [2.45, 2.75) is 6.92 Å². The van der Waals surface area contributed by atoms with E-state index in [9.17, 15) is 4.79 Å². The highest BCUT2D eigenvalue weighted by Crippen LogP contribution is 2.12. The molecular formula is C16H16N2O3. The van der Waals surface area contributed by atoms with Gasteiger partial charge in [0.05, 0.1) is 18.0 Å². The quantitative estimate of drug-likeness (QED) is 0.504. The van der Waals surface area contributed by atoms with Crippen LogP contribution in [0.3, 0.4) is 0 Å². The maximum Gasteiger partial charge on any atom is 0.274 e. The molecule has 0 saturated carbocycles. The fourth-order valence-corrected chi connectivity index (χ4v) is 1.69. The van der Waals surface area contributed by atoms with Crippen molar-refractivity contribution in [2.24, 2.45) is 5.10 Å². The molecule has 5 heteroatoms. The number of nitrogens with zero attached hydrogens (tertiary/aromatic N) is 1. The average Bonchev–Trinajstić information content (AvgIpc) is 2.92. The van der Waals surface area contributed by atoms with Gasteiger partial charge in [0.1, 0.15) is 18.1 Å². The lowest BCUT2D eigenvalue weighted by molar-refractivity contribution is 0.0953. The van der Waals surface area contributed by atoms with Crippen LogP contribution in [0.1, 0.15) is 21.7 Å². The monoisotopic (exact) mass is 284 g/mol. The predicted octanol–water partition coefficient (Wildman–Crippen LogP) is 2.92. The number of benzene rings is 1. The van der Waals surface area contributed by atoms with Crippen LogP contribution in [0.4, 0.5) is 0 Å². The van der Waals surface area contributed by atoms with E-state index in [-0.39, 0.29) is 5.91 Å². The molecule has 0 bridgehead atoms. The predicted molar refractivity (Wildman–Crippen MR) is 80.6 cm³/mol. The van der Waals surface area contributed by atoms with E-state index in [2.05, 4.69) is 17.1 Å². The Morgan fingerprint density at radius 3 is 3.05 bits per heavy atom. The molecule has 0 radical (unpaired) electrons. The zero-order valence-corrected chi connectivity index (χ0v) is 11.7. The van der Waals surface area contributed by atoms with Crippen molar-refractivity contribution in [3.8, 4) is 5.75 Å². The Bertz CT molecular complexity index is 659. The van der Waals surface area contributed by atoms with Gasteiger partial charge < -0.3 is 9.15 Å². The number of hydrazone groups is 1. The Morgan fingerprint density at radius 2 is 2.33 bits per heavy atom. The van der Waals surface area contributed by atoms with Crippen molar-refractivity contribution in [3.05, 3.63) is 66.1 Å². The molecule has 1 amide bonds. The molecule has 1 heterocycles. The Labute approximate surface area is 122 Å². The normalized spacial score (nSPS) is 10.5. The van der Waals surface area contributed by atoms with Gasteiger partial charge in [-0.3, -0.25) is 4.79 Å². The van der Waals surface area contributed by atoms with Gasteiger partial charge in [-0.15, -0.1) is 0 Å². The van der Waals surface area contributed by atoms with Gasteiger partial charge in [-0.2, -0.15) is 5.10 Å². The van der Waals surface area contributed by atoms with E-state index in [0.29, 0.717) is 17.9 Å². The molecule has 0 saturated heterocycles. The van der Waals surface area contributed by atoms with Crippen molar-refractivity contribution in [1.82, 2.24) is 5.43 Å². The first kappa shape index (κ1) is 14.6. The fourth-order valence-electron chi connectivity index (χ4n) is 1.69. The van der Waals surface area contributed by atoms with E-state index in [4.69, 9.17) is 9.15 Å². The third kappa shape index (κ3) is 4.07. The van der Waals surface area contributed by atoms with Gasteiger partial charge in [0.25, 0.3) is 5.91 Å². The lowest BCUT2D eigenvalue weighted by Crippen LogP contribution is -2.17. The third-order valence-electron chi connectivity index (χ3n) is 2.71. The van der Waals surface area contributed by atoms with Gasteiger partial charge in [-0.25, -0.2) is 5.43 Å². The van der Waals surface area contributed by atoms with Gasteiger partial charge in [0, 0.05) is 0 Å². The maximum atomic E-state index is 11.8. The van der Waals surface area contributed by atoms with Crippen LogP contribution in [0, 0.1) is 6.92 Å². The Balaban J connectivity index is 1.96. The first-order chi connectivity index (χ1) is 10.2. The molecule has 0 atom stereocenters. The minimum Gasteiger partial charge on any atom is -0.490 e. The Morgan fingerprint density at radius 1 is 1.48 bits per heavy atom. The molecular weight excluding hydrogens is 268 g/mol. The summed E-state index contributed by atoms with van der Waals surface area (Å²) >= 11 is 0. The van der Waals surface area contributed by atoms with Crippen LogP contribution in [0.15, 0.2) is 58.8 Å². The summed E-state index contributed by atoms with van der Waals surface area (Å²) in [5.41, 5.74) is 3.74. The summed E-state index contributed by atoms with van der Waals surface area (Å²) < 4.78 is 10.5. The number of rotatable bonds is 6. The van der Waals surface area contributed by atoms with Crippen LogP contribution in [0.5, 0.6) is 5.75 Å². The van der Waals surface area contributed by atoms with E-state index in [0.717, 1.165) is 11.3 Å². The largest absolute Gasteiger partial charge is 0.490 e. The average molecular weight is 284 g/mol. The molecule has 108 valence electrons. The molecule has 2 rings (SSSR count). The molecule has 0 aliphatic heterocycles. The summed E-state index contributed by atoms with van der Waals surface area (Å²) in [5.74, 6) is 0.968. The number of nitrogens with one attached hydrogen (secondary N) is 1. The number of ether oxygens (including phenoxy) is 1. The van der Waals surface area contributed by atoms with E-state index in [1.807, 2.05) is 24.3 Å². The van der Waals surface area contributed by atoms with Gasteiger partial charge in [-0.05, 0) is 30.7 Å². The SMILES string of the molecule is C=CCOc1cccc(/C=N\NC(=O)c2ccoc2C)c1. The van der Waals surface area contributed by atoms with E-state index < -0.39 is 0 Å². The fraction of sp³-hybridized carbons (Fsp3) is 0.125. The second-order valence-corrected chi connectivity index (χ2v) is 4.26. The van der Waals surface area contributed by atoms with Crippen LogP contribution >= 0.6 is 0 Å². The lowest BCUT2D eigenvalue weighted by Gasteiger charge is -2.03. The molecule has 0 unspecified atom stereocenters. The standard InChI is InChI=1S/C16H16N2O3/c1-3-8-21-14-6-4-5-13(10-14)11-17-18-16(19)15-7-9-20-12(15)2/h3-7,9-11H,1,8H2,2H3,(H,18,19)/b17-11-. The van der Waals surface area contributed by atoms with Crippen LogP contribution in [0.25, 0.3) is 0 Å². The Hall–Kier alpha value is -2.82. The highest BCUT2D eigenvalue weighted by molar-refractivity contribution is 5.95. The highest BCUT2D eigenvalue weighted by Gasteiger charge is 2.09. The number of carbonyl (C=O) groups is 1. The van der Waals surface area contributed by atoms with Crippen molar-refractivity contribution >= 4 is 12.1 Å². The summed E-state index contributed by atoms with van der Waals surface area (Å²) in [6.07, 6.45) is 4.69. The van der Waals surface area contributed by atoms with E-state index in [1.165, 1.54) is 6.26 Å². The van der Waals surface area contributed by atoms with Crippen molar-refractivity contribution < 1.29 is 13.9 Å². The second kappa shape index (κ2) is 7.09. The van der Waals surface area contributed by atoms with Crippen molar-refractivity contribution in [1.29, 1.82) is 0 Å². The minimum absolute atomic E-state index is 0.309. The molecule has 1 aromatic heterocycles.